The van der Waals surface area contributed by atoms with Gasteiger partial charge in [-0.3, -0.25) is 14.5 Å². The number of anilines is 1. The molecule has 0 radical (unpaired) electrons. The van der Waals surface area contributed by atoms with E-state index >= 15 is 0 Å². The van der Waals surface area contributed by atoms with Gasteiger partial charge >= 0.3 is 0 Å². The van der Waals surface area contributed by atoms with E-state index in [4.69, 9.17) is 4.42 Å². The SMILES string of the molecule is Cc1ccc(/C(O)=C2/C(=O)C(=O)N(c3ccc(C(C)C)cc3)C2c2ccco2)cc1. The van der Waals surface area contributed by atoms with Crippen LogP contribution >= 0.6 is 0 Å². The molecular weight excluding hydrogens is 378 g/mol. The molecule has 1 saturated heterocycles. The van der Waals surface area contributed by atoms with Gasteiger partial charge in [-0.1, -0.05) is 55.8 Å². The lowest BCUT2D eigenvalue weighted by atomic mass is 9.98. The highest BCUT2D eigenvalue weighted by Gasteiger charge is 2.48. The summed E-state index contributed by atoms with van der Waals surface area (Å²) in [6.45, 7) is 6.11. The maximum absolute atomic E-state index is 13.0. The van der Waals surface area contributed by atoms with Crippen LogP contribution in [0.4, 0.5) is 5.69 Å². The molecule has 1 aliphatic heterocycles. The number of carbonyl (C=O) groups is 2. The lowest BCUT2D eigenvalue weighted by Crippen LogP contribution is -2.29. The van der Waals surface area contributed by atoms with Crippen LogP contribution in [0.25, 0.3) is 5.76 Å². The molecule has 30 heavy (non-hydrogen) atoms. The van der Waals surface area contributed by atoms with E-state index in [0.29, 0.717) is 22.9 Å². The molecule has 1 aliphatic rings. The lowest BCUT2D eigenvalue weighted by Gasteiger charge is -2.23. The van der Waals surface area contributed by atoms with Crippen molar-refractivity contribution in [3.8, 4) is 0 Å². The summed E-state index contributed by atoms with van der Waals surface area (Å²) in [5.74, 6) is -0.881. The molecule has 2 aromatic carbocycles. The summed E-state index contributed by atoms with van der Waals surface area (Å²) in [6.07, 6.45) is 1.49. The number of nitrogens with zero attached hydrogens (tertiary/aromatic N) is 1. The fourth-order valence-electron chi connectivity index (χ4n) is 3.70. The topological polar surface area (TPSA) is 70.8 Å². The van der Waals surface area contributed by atoms with Gasteiger partial charge in [-0.2, -0.15) is 0 Å². The molecule has 1 unspecified atom stereocenters. The Morgan fingerprint density at radius 3 is 2.23 bits per heavy atom. The number of hydrogen-bond acceptors (Lipinski definition) is 4. The molecule has 0 saturated carbocycles. The third kappa shape index (κ3) is 3.32. The van der Waals surface area contributed by atoms with E-state index in [9.17, 15) is 14.7 Å². The van der Waals surface area contributed by atoms with Crippen LogP contribution in [0.2, 0.25) is 0 Å². The van der Waals surface area contributed by atoms with Gasteiger partial charge < -0.3 is 9.52 Å². The molecule has 0 bridgehead atoms. The average Bonchev–Trinajstić information content (AvgIpc) is 3.35. The lowest BCUT2D eigenvalue weighted by molar-refractivity contribution is -0.132. The number of aryl methyl sites for hydroxylation is 1. The summed E-state index contributed by atoms with van der Waals surface area (Å²) in [4.78, 5) is 27.4. The Bertz CT molecular complexity index is 1110. The minimum atomic E-state index is -0.841. The number of ketones is 1. The molecular formula is C25H23NO4. The zero-order valence-electron chi connectivity index (χ0n) is 17.1. The Labute approximate surface area is 175 Å². The van der Waals surface area contributed by atoms with Crippen molar-refractivity contribution in [3.05, 3.63) is 95.0 Å². The second-order valence-corrected chi connectivity index (χ2v) is 7.80. The molecule has 1 atom stereocenters. The number of benzene rings is 2. The van der Waals surface area contributed by atoms with E-state index in [1.165, 1.54) is 11.2 Å². The van der Waals surface area contributed by atoms with Crippen LogP contribution in [0, 0.1) is 6.92 Å². The summed E-state index contributed by atoms with van der Waals surface area (Å²) < 4.78 is 5.57. The Hall–Kier alpha value is -3.60. The number of rotatable bonds is 4. The number of amides is 1. The van der Waals surface area contributed by atoms with Crippen LogP contribution < -0.4 is 4.90 Å². The largest absolute Gasteiger partial charge is 0.507 e. The van der Waals surface area contributed by atoms with Gasteiger partial charge in [0, 0.05) is 11.3 Å². The van der Waals surface area contributed by atoms with Crippen LogP contribution in [0.3, 0.4) is 0 Å². The Morgan fingerprint density at radius 1 is 1.00 bits per heavy atom. The average molecular weight is 401 g/mol. The molecule has 1 aromatic heterocycles. The molecule has 5 nitrogen and oxygen atoms in total. The van der Waals surface area contributed by atoms with Gasteiger partial charge in [0.05, 0.1) is 11.8 Å². The fraction of sp³-hybridized carbons (Fsp3) is 0.200. The first kappa shape index (κ1) is 19.7. The van der Waals surface area contributed by atoms with Gasteiger partial charge in [-0.15, -0.1) is 0 Å². The zero-order valence-corrected chi connectivity index (χ0v) is 17.1. The maximum atomic E-state index is 13.0. The third-order valence-corrected chi connectivity index (χ3v) is 5.42. The first-order valence-electron chi connectivity index (χ1n) is 9.90. The number of furan rings is 1. The smallest absolute Gasteiger partial charge is 0.300 e. The van der Waals surface area contributed by atoms with Crippen molar-refractivity contribution in [1.29, 1.82) is 0 Å². The summed E-state index contributed by atoms with van der Waals surface area (Å²) in [7, 11) is 0. The molecule has 0 spiro atoms. The van der Waals surface area contributed by atoms with Gasteiger partial charge in [0.2, 0.25) is 0 Å². The highest BCUT2D eigenvalue weighted by Crippen LogP contribution is 2.42. The van der Waals surface area contributed by atoms with E-state index in [1.807, 2.05) is 43.3 Å². The van der Waals surface area contributed by atoms with Crippen molar-refractivity contribution in [2.75, 3.05) is 4.90 Å². The molecule has 2 heterocycles. The number of aliphatic hydroxyl groups is 1. The summed E-state index contributed by atoms with van der Waals surface area (Å²) in [5.41, 5.74) is 3.23. The Kier molecular flexibility index (Phi) is 5.04. The number of Topliss-reactive ketones (excluding diaryl/α,β-unsaturated/α-hetero) is 1. The molecule has 1 N–H and O–H groups in total. The third-order valence-electron chi connectivity index (χ3n) is 5.42. The van der Waals surface area contributed by atoms with Crippen molar-refractivity contribution in [2.24, 2.45) is 0 Å². The van der Waals surface area contributed by atoms with Crippen molar-refractivity contribution in [1.82, 2.24) is 0 Å². The van der Waals surface area contributed by atoms with Gasteiger partial charge in [0.15, 0.2) is 0 Å². The monoisotopic (exact) mass is 401 g/mol. The molecule has 4 rings (SSSR count). The molecule has 5 heteroatoms. The van der Waals surface area contributed by atoms with E-state index in [1.54, 1.807) is 24.3 Å². The van der Waals surface area contributed by atoms with Gasteiger partial charge in [0.25, 0.3) is 11.7 Å². The summed E-state index contributed by atoms with van der Waals surface area (Å²) >= 11 is 0. The zero-order chi connectivity index (χ0) is 21.4. The first-order chi connectivity index (χ1) is 14.4. The van der Waals surface area contributed by atoms with Gasteiger partial charge in [0.1, 0.15) is 17.6 Å². The van der Waals surface area contributed by atoms with Crippen LogP contribution in [-0.4, -0.2) is 16.8 Å². The van der Waals surface area contributed by atoms with Crippen molar-refractivity contribution in [3.63, 3.8) is 0 Å². The Morgan fingerprint density at radius 2 is 1.67 bits per heavy atom. The van der Waals surface area contributed by atoms with E-state index in [0.717, 1.165) is 11.1 Å². The fourth-order valence-corrected chi connectivity index (χ4v) is 3.70. The predicted octanol–water partition coefficient (Wildman–Crippen LogP) is 5.34. The maximum Gasteiger partial charge on any atom is 0.300 e. The van der Waals surface area contributed by atoms with Gasteiger partial charge in [-0.25, -0.2) is 0 Å². The molecule has 0 aliphatic carbocycles. The second-order valence-electron chi connectivity index (χ2n) is 7.80. The second kappa shape index (κ2) is 7.67. The van der Waals surface area contributed by atoms with E-state index < -0.39 is 17.7 Å². The summed E-state index contributed by atoms with van der Waals surface area (Å²) in [5, 5.41) is 11.0. The molecule has 1 fully saturated rings. The predicted molar refractivity (Wildman–Crippen MR) is 115 cm³/mol. The van der Waals surface area contributed by atoms with Crippen LogP contribution in [0.1, 0.15) is 48.3 Å². The summed E-state index contributed by atoms with van der Waals surface area (Å²) in [6, 6.07) is 17.2. The number of hydrogen-bond donors (Lipinski definition) is 1. The van der Waals surface area contributed by atoms with Crippen LogP contribution in [0.15, 0.2) is 76.9 Å². The number of carbonyl (C=O) groups excluding carboxylic acids is 2. The highest BCUT2D eigenvalue weighted by molar-refractivity contribution is 6.51. The quantitative estimate of drug-likeness (QED) is 0.364. The molecule has 1 amide bonds. The standard InChI is InChI=1S/C25H23NO4/c1-15(2)17-10-12-19(13-11-17)26-22(20-5-4-14-30-20)21(24(28)25(26)29)23(27)18-8-6-16(3)7-9-18/h4-15,22,27H,1-3H3/b23-21-. The van der Waals surface area contributed by atoms with Crippen LogP contribution in [0.5, 0.6) is 0 Å². The van der Waals surface area contributed by atoms with E-state index in [2.05, 4.69) is 13.8 Å². The minimum Gasteiger partial charge on any atom is -0.507 e. The van der Waals surface area contributed by atoms with E-state index in [-0.39, 0.29) is 11.3 Å². The minimum absolute atomic E-state index is 0.0201. The normalized spacial score (nSPS) is 18.4. The number of aliphatic hydroxyl groups excluding tert-OH is 1. The van der Waals surface area contributed by atoms with Gasteiger partial charge in [-0.05, 0) is 42.7 Å². The van der Waals surface area contributed by atoms with Crippen LogP contribution in [-0.2, 0) is 9.59 Å². The molecule has 152 valence electrons. The molecule has 3 aromatic rings. The Balaban J connectivity index is 1.87. The highest BCUT2D eigenvalue weighted by atomic mass is 16.3. The van der Waals surface area contributed by atoms with Crippen molar-refractivity contribution in [2.45, 2.75) is 32.7 Å². The first-order valence-corrected chi connectivity index (χ1v) is 9.90. The van der Waals surface area contributed by atoms with Crippen molar-refractivity contribution >= 4 is 23.1 Å². The van der Waals surface area contributed by atoms with Crippen molar-refractivity contribution < 1.29 is 19.1 Å².